The van der Waals surface area contributed by atoms with Crippen LogP contribution in [0.15, 0.2) is 24.3 Å². The minimum atomic E-state index is -0.259. The molecular formula is C15H19ClN2O2. The van der Waals surface area contributed by atoms with Crippen molar-refractivity contribution in [2.24, 2.45) is 5.92 Å². The van der Waals surface area contributed by atoms with Crippen LogP contribution in [0, 0.1) is 5.92 Å². The molecule has 5 heteroatoms. The molecule has 4 nitrogen and oxygen atoms in total. The molecule has 108 valence electrons. The maximum Gasteiger partial charge on any atom is 0.227 e. The van der Waals surface area contributed by atoms with Gasteiger partial charge in [0.25, 0.3) is 0 Å². The number of carbonyl (C=O) groups is 2. The molecule has 0 aromatic heterocycles. The fourth-order valence-corrected chi connectivity index (χ4v) is 2.41. The van der Waals surface area contributed by atoms with Crippen LogP contribution in [0.1, 0.15) is 20.3 Å². The van der Waals surface area contributed by atoms with Gasteiger partial charge >= 0.3 is 0 Å². The molecule has 2 rings (SSSR count). The van der Waals surface area contributed by atoms with Gasteiger partial charge in [-0.1, -0.05) is 11.6 Å². The normalized spacial score (nSPS) is 18.8. The van der Waals surface area contributed by atoms with Crippen molar-refractivity contribution in [3.8, 4) is 0 Å². The summed E-state index contributed by atoms with van der Waals surface area (Å²) in [5, 5.41) is 0.632. The highest BCUT2D eigenvalue weighted by atomic mass is 35.5. The quantitative estimate of drug-likeness (QED) is 0.859. The molecule has 0 bridgehead atoms. The minimum Gasteiger partial charge on any atom is -0.343 e. The van der Waals surface area contributed by atoms with Crippen LogP contribution < -0.4 is 4.90 Å². The second kappa shape index (κ2) is 5.83. The maximum atomic E-state index is 12.3. The summed E-state index contributed by atoms with van der Waals surface area (Å²) in [4.78, 5) is 27.7. The van der Waals surface area contributed by atoms with Crippen LogP contribution in [0.4, 0.5) is 5.69 Å². The van der Waals surface area contributed by atoms with Crippen LogP contribution in [0.2, 0.25) is 5.02 Å². The zero-order valence-electron chi connectivity index (χ0n) is 12.0. The third-order valence-electron chi connectivity index (χ3n) is 3.73. The van der Waals surface area contributed by atoms with Gasteiger partial charge < -0.3 is 9.80 Å². The molecule has 1 saturated heterocycles. The van der Waals surface area contributed by atoms with Gasteiger partial charge in [0.2, 0.25) is 11.8 Å². The number of anilines is 1. The van der Waals surface area contributed by atoms with Gasteiger partial charge in [-0.2, -0.15) is 0 Å². The molecule has 1 aromatic rings. The number of benzene rings is 1. The lowest BCUT2D eigenvalue weighted by atomic mass is 10.1. The summed E-state index contributed by atoms with van der Waals surface area (Å²) in [6.07, 6.45) is 0.276. The van der Waals surface area contributed by atoms with Crippen molar-refractivity contribution in [1.29, 1.82) is 0 Å². The van der Waals surface area contributed by atoms with Crippen molar-refractivity contribution in [3.05, 3.63) is 29.3 Å². The number of nitrogens with zero attached hydrogens (tertiary/aromatic N) is 2. The van der Waals surface area contributed by atoms with E-state index < -0.39 is 0 Å². The average Bonchev–Trinajstić information content (AvgIpc) is 2.80. The van der Waals surface area contributed by atoms with Crippen molar-refractivity contribution < 1.29 is 9.59 Å². The van der Waals surface area contributed by atoms with E-state index in [1.807, 2.05) is 13.8 Å². The van der Waals surface area contributed by atoms with E-state index in [1.54, 1.807) is 41.1 Å². The minimum absolute atomic E-state index is 0.0113. The number of halogens is 1. The van der Waals surface area contributed by atoms with Gasteiger partial charge in [-0.3, -0.25) is 9.59 Å². The largest absolute Gasteiger partial charge is 0.343 e. The molecule has 1 heterocycles. The highest BCUT2D eigenvalue weighted by molar-refractivity contribution is 6.30. The van der Waals surface area contributed by atoms with E-state index in [-0.39, 0.29) is 30.2 Å². The van der Waals surface area contributed by atoms with E-state index in [0.717, 1.165) is 5.69 Å². The Balaban J connectivity index is 2.11. The molecule has 0 aliphatic carbocycles. The summed E-state index contributed by atoms with van der Waals surface area (Å²) in [6.45, 7) is 4.37. The lowest BCUT2D eigenvalue weighted by molar-refractivity contribution is -0.135. The molecule has 2 amide bonds. The average molecular weight is 295 g/mol. The zero-order chi connectivity index (χ0) is 14.9. The van der Waals surface area contributed by atoms with Gasteiger partial charge in [0, 0.05) is 36.8 Å². The summed E-state index contributed by atoms with van der Waals surface area (Å²) in [6, 6.07) is 7.25. The second-order valence-electron chi connectivity index (χ2n) is 5.42. The Hall–Kier alpha value is -1.55. The van der Waals surface area contributed by atoms with E-state index >= 15 is 0 Å². The Morgan fingerprint density at radius 3 is 2.50 bits per heavy atom. The third kappa shape index (κ3) is 2.96. The molecule has 1 aliphatic rings. The lowest BCUT2D eigenvalue weighted by Gasteiger charge is -2.24. The SMILES string of the molecule is CC(C)N(C)C(=O)C1CC(=O)N(c2ccc(Cl)cc2)C1. The van der Waals surface area contributed by atoms with Gasteiger partial charge in [-0.15, -0.1) is 0 Å². The van der Waals surface area contributed by atoms with E-state index in [4.69, 9.17) is 11.6 Å². The summed E-state index contributed by atoms with van der Waals surface area (Å²) < 4.78 is 0. The smallest absolute Gasteiger partial charge is 0.227 e. The number of hydrogen-bond acceptors (Lipinski definition) is 2. The summed E-state index contributed by atoms with van der Waals surface area (Å²) >= 11 is 5.85. The predicted octanol–water partition coefficient (Wildman–Crippen LogP) is 2.56. The molecule has 20 heavy (non-hydrogen) atoms. The number of amides is 2. The highest BCUT2D eigenvalue weighted by Crippen LogP contribution is 2.27. The summed E-state index contributed by atoms with van der Waals surface area (Å²) in [7, 11) is 1.78. The Morgan fingerprint density at radius 2 is 1.95 bits per heavy atom. The first-order valence-electron chi connectivity index (χ1n) is 6.72. The Bertz CT molecular complexity index is 513. The molecule has 1 fully saturated rings. The van der Waals surface area contributed by atoms with E-state index in [9.17, 15) is 9.59 Å². The highest BCUT2D eigenvalue weighted by Gasteiger charge is 2.36. The monoisotopic (exact) mass is 294 g/mol. The van der Waals surface area contributed by atoms with Crippen molar-refractivity contribution in [2.75, 3.05) is 18.5 Å². The van der Waals surface area contributed by atoms with Gasteiger partial charge in [0.05, 0.1) is 5.92 Å². The summed E-state index contributed by atoms with van der Waals surface area (Å²) in [5.41, 5.74) is 0.793. The van der Waals surface area contributed by atoms with Gasteiger partial charge in [-0.05, 0) is 38.1 Å². The van der Waals surface area contributed by atoms with E-state index in [0.29, 0.717) is 11.6 Å². The van der Waals surface area contributed by atoms with Crippen molar-refractivity contribution in [2.45, 2.75) is 26.3 Å². The lowest BCUT2D eigenvalue weighted by Crippen LogP contribution is -2.38. The molecule has 1 aromatic carbocycles. The first-order valence-corrected chi connectivity index (χ1v) is 7.10. The standard InChI is InChI=1S/C15H19ClN2O2/c1-10(2)17(3)15(20)11-8-14(19)18(9-11)13-6-4-12(16)5-7-13/h4-7,10-11H,8-9H2,1-3H3. The zero-order valence-corrected chi connectivity index (χ0v) is 12.7. The molecule has 0 radical (unpaired) electrons. The maximum absolute atomic E-state index is 12.3. The number of hydrogen-bond donors (Lipinski definition) is 0. The van der Waals surface area contributed by atoms with Crippen LogP contribution in [0.3, 0.4) is 0 Å². The van der Waals surface area contributed by atoms with E-state index in [1.165, 1.54) is 0 Å². The van der Waals surface area contributed by atoms with Gasteiger partial charge in [0.15, 0.2) is 0 Å². The molecule has 0 spiro atoms. The van der Waals surface area contributed by atoms with Crippen molar-refractivity contribution >= 4 is 29.1 Å². The topological polar surface area (TPSA) is 40.6 Å². The molecular weight excluding hydrogens is 276 g/mol. The molecule has 1 aliphatic heterocycles. The van der Waals surface area contributed by atoms with Crippen LogP contribution in [0.25, 0.3) is 0 Å². The van der Waals surface area contributed by atoms with E-state index in [2.05, 4.69) is 0 Å². The van der Waals surface area contributed by atoms with Crippen molar-refractivity contribution in [3.63, 3.8) is 0 Å². The molecule has 1 unspecified atom stereocenters. The van der Waals surface area contributed by atoms with Crippen LogP contribution >= 0.6 is 11.6 Å². The molecule has 0 N–H and O–H groups in total. The fourth-order valence-electron chi connectivity index (χ4n) is 2.29. The fraction of sp³-hybridized carbons (Fsp3) is 0.467. The first-order chi connectivity index (χ1) is 9.40. The van der Waals surface area contributed by atoms with Crippen LogP contribution in [-0.2, 0) is 9.59 Å². The van der Waals surface area contributed by atoms with Gasteiger partial charge in [-0.25, -0.2) is 0 Å². The number of carbonyl (C=O) groups excluding carboxylic acids is 2. The third-order valence-corrected chi connectivity index (χ3v) is 3.99. The Labute approximate surface area is 124 Å². The Kier molecular flexibility index (Phi) is 4.33. The second-order valence-corrected chi connectivity index (χ2v) is 5.86. The van der Waals surface area contributed by atoms with Crippen molar-refractivity contribution in [1.82, 2.24) is 4.90 Å². The van der Waals surface area contributed by atoms with Crippen LogP contribution in [-0.4, -0.2) is 36.3 Å². The Morgan fingerprint density at radius 1 is 1.35 bits per heavy atom. The summed E-state index contributed by atoms with van der Waals surface area (Å²) in [5.74, 6) is -0.238. The number of rotatable bonds is 3. The molecule has 1 atom stereocenters. The first kappa shape index (κ1) is 14.9. The predicted molar refractivity (Wildman–Crippen MR) is 79.8 cm³/mol. The van der Waals surface area contributed by atoms with Crippen LogP contribution in [0.5, 0.6) is 0 Å². The molecule has 0 saturated carbocycles. The van der Waals surface area contributed by atoms with Gasteiger partial charge in [0.1, 0.15) is 0 Å².